The smallest absolute Gasteiger partial charge is 0.238 e. The molecule has 1 saturated heterocycles. The maximum absolute atomic E-state index is 11.9. The molecule has 110 valence electrons. The lowest BCUT2D eigenvalue weighted by Crippen LogP contribution is -2.33. The molecule has 1 amide bonds. The lowest BCUT2D eigenvalue weighted by Gasteiger charge is -2.14. The molecule has 4 nitrogen and oxygen atoms in total. The Labute approximate surface area is 120 Å². The molecule has 0 aliphatic carbocycles. The summed E-state index contributed by atoms with van der Waals surface area (Å²) in [6.45, 7) is 6.17. The summed E-state index contributed by atoms with van der Waals surface area (Å²) in [6.07, 6.45) is 2.48. The van der Waals surface area contributed by atoms with Crippen LogP contribution in [0.1, 0.15) is 38.2 Å². The highest BCUT2D eigenvalue weighted by Crippen LogP contribution is 2.23. The van der Waals surface area contributed by atoms with E-state index in [0.29, 0.717) is 12.5 Å². The Kier molecular flexibility index (Phi) is 5.56. The first-order chi connectivity index (χ1) is 9.66. The zero-order valence-electron chi connectivity index (χ0n) is 12.3. The molecule has 0 aromatic heterocycles. The van der Waals surface area contributed by atoms with Crippen molar-refractivity contribution in [1.82, 2.24) is 5.32 Å². The van der Waals surface area contributed by atoms with E-state index in [9.17, 15) is 4.79 Å². The Morgan fingerprint density at radius 1 is 1.40 bits per heavy atom. The average molecular weight is 276 g/mol. The van der Waals surface area contributed by atoms with E-state index in [-0.39, 0.29) is 12.0 Å². The minimum Gasteiger partial charge on any atom is -0.377 e. The Balaban J connectivity index is 1.79. The molecule has 0 radical (unpaired) electrons. The monoisotopic (exact) mass is 276 g/mol. The van der Waals surface area contributed by atoms with Gasteiger partial charge in [0.2, 0.25) is 5.91 Å². The lowest BCUT2D eigenvalue weighted by atomic mass is 10.0. The third-order valence-electron chi connectivity index (χ3n) is 3.54. The predicted molar refractivity (Wildman–Crippen MR) is 81.0 cm³/mol. The van der Waals surface area contributed by atoms with Crippen molar-refractivity contribution in [2.24, 2.45) is 0 Å². The van der Waals surface area contributed by atoms with Crippen LogP contribution in [0.3, 0.4) is 0 Å². The van der Waals surface area contributed by atoms with Crippen LogP contribution in [0.4, 0.5) is 5.69 Å². The molecule has 1 heterocycles. The summed E-state index contributed by atoms with van der Waals surface area (Å²) in [4.78, 5) is 11.9. The average Bonchev–Trinajstić information content (AvgIpc) is 2.92. The Morgan fingerprint density at radius 3 is 2.90 bits per heavy atom. The summed E-state index contributed by atoms with van der Waals surface area (Å²) in [5.41, 5.74) is 2.08. The fourth-order valence-corrected chi connectivity index (χ4v) is 2.46. The fraction of sp³-hybridized carbons (Fsp3) is 0.562. The van der Waals surface area contributed by atoms with Gasteiger partial charge >= 0.3 is 0 Å². The molecule has 0 saturated carbocycles. The minimum atomic E-state index is -0.00361. The van der Waals surface area contributed by atoms with Gasteiger partial charge in [-0.2, -0.15) is 0 Å². The number of hydrogen-bond donors (Lipinski definition) is 2. The highest BCUT2D eigenvalue weighted by atomic mass is 16.5. The van der Waals surface area contributed by atoms with E-state index in [1.807, 2.05) is 18.2 Å². The van der Waals surface area contributed by atoms with Gasteiger partial charge in [0.05, 0.1) is 12.6 Å². The Hall–Kier alpha value is -1.39. The van der Waals surface area contributed by atoms with Gasteiger partial charge in [-0.15, -0.1) is 0 Å². The molecular formula is C16H24N2O2. The third-order valence-corrected chi connectivity index (χ3v) is 3.54. The fourth-order valence-electron chi connectivity index (χ4n) is 2.46. The van der Waals surface area contributed by atoms with Crippen molar-refractivity contribution in [3.05, 3.63) is 29.8 Å². The largest absolute Gasteiger partial charge is 0.377 e. The molecule has 1 fully saturated rings. The molecule has 4 heteroatoms. The van der Waals surface area contributed by atoms with Gasteiger partial charge in [-0.25, -0.2) is 0 Å². The van der Waals surface area contributed by atoms with E-state index < -0.39 is 0 Å². The van der Waals surface area contributed by atoms with E-state index >= 15 is 0 Å². The van der Waals surface area contributed by atoms with Gasteiger partial charge in [-0.3, -0.25) is 4.79 Å². The number of anilines is 1. The zero-order valence-corrected chi connectivity index (χ0v) is 12.3. The molecular weight excluding hydrogens is 252 g/mol. The normalized spacial score (nSPS) is 18.4. The molecule has 0 bridgehead atoms. The van der Waals surface area contributed by atoms with Gasteiger partial charge in [0.15, 0.2) is 0 Å². The molecule has 1 aromatic carbocycles. The summed E-state index contributed by atoms with van der Waals surface area (Å²) in [5.74, 6) is 0.391. The van der Waals surface area contributed by atoms with Gasteiger partial charge in [0.25, 0.3) is 0 Å². The molecule has 1 unspecified atom stereocenters. The SMILES string of the molecule is CC(C)c1ccccc1NC(=O)CNCC1CCCO1. The van der Waals surface area contributed by atoms with Crippen LogP contribution in [0, 0.1) is 0 Å². The maximum atomic E-state index is 11.9. The van der Waals surface area contributed by atoms with E-state index in [1.54, 1.807) is 0 Å². The standard InChI is InChI=1S/C16H24N2O2/c1-12(2)14-7-3-4-8-15(14)18-16(19)11-17-10-13-6-5-9-20-13/h3-4,7-8,12-13,17H,5-6,9-11H2,1-2H3,(H,18,19). The third kappa shape index (κ3) is 4.32. The number of rotatable bonds is 6. The number of hydrogen-bond acceptors (Lipinski definition) is 3. The zero-order chi connectivity index (χ0) is 14.4. The van der Waals surface area contributed by atoms with Crippen LogP contribution in [-0.2, 0) is 9.53 Å². The minimum absolute atomic E-state index is 0.00361. The first-order valence-corrected chi connectivity index (χ1v) is 7.38. The molecule has 1 aliphatic heterocycles. The number of para-hydroxylation sites is 1. The summed E-state index contributed by atoms with van der Waals surface area (Å²) < 4.78 is 5.51. The molecule has 2 N–H and O–H groups in total. The van der Waals surface area contributed by atoms with E-state index in [1.165, 1.54) is 5.56 Å². The second-order valence-corrected chi connectivity index (χ2v) is 5.56. The number of nitrogens with one attached hydrogen (secondary N) is 2. The number of carbonyl (C=O) groups excluding carboxylic acids is 1. The summed E-state index contributed by atoms with van der Waals surface area (Å²) in [5, 5.41) is 6.13. The Morgan fingerprint density at radius 2 is 2.20 bits per heavy atom. The van der Waals surface area contributed by atoms with Crippen LogP contribution in [0.15, 0.2) is 24.3 Å². The summed E-state index contributed by atoms with van der Waals surface area (Å²) in [7, 11) is 0. The predicted octanol–water partition coefficient (Wildman–Crippen LogP) is 2.52. The van der Waals surface area contributed by atoms with Crippen LogP contribution < -0.4 is 10.6 Å². The Bertz CT molecular complexity index is 440. The highest BCUT2D eigenvalue weighted by molar-refractivity contribution is 5.93. The van der Waals surface area contributed by atoms with Gasteiger partial charge < -0.3 is 15.4 Å². The lowest BCUT2D eigenvalue weighted by molar-refractivity contribution is -0.115. The maximum Gasteiger partial charge on any atom is 0.238 e. The molecule has 20 heavy (non-hydrogen) atoms. The second-order valence-electron chi connectivity index (χ2n) is 5.56. The van der Waals surface area contributed by atoms with Crippen molar-refractivity contribution >= 4 is 11.6 Å². The molecule has 1 aromatic rings. The van der Waals surface area contributed by atoms with Crippen molar-refractivity contribution in [3.8, 4) is 0 Å². The van der Waals surface area contributed by atoms with Crippen molar-refractivity contribution < 1.29 is 9.53 Å². The van der Waals surface area contributed by atoms with Gasteiger partial charge in [-0.1, -0.05) is 32.0 Å². The van der Waals surface area contributed by atoms with E-state index in [2.05, 4.69) is 30.5 Å². The van der Waals surface area contributed by atoms with E-state index in [4.69, 9.17) is 4.74 Å². The van der Waals surface area contributed by atoms with E-state index in [0.717, 1.165) is 31.7 Å². The van der Waals surface area contributed by atoms with Crippen LogP contribution in [0.25, 0.3) is 0 Å². The molecule has 1 atom stereocenters. The van der Waals surface area contributed by atoms with Crippen LogP contribution in [0.2, 0.25) is 0 Å². The molecule has 0 spiro atoms. The molecule has 1 aliphatic rings. The topological polar surface area (TPSA) is 50.4 Å². The second kappa shape index (κ2) is 7.41. The van der Waals surface area contributed by atoms with Crippen molar-refractivity contribution in [3.63, 3.8) is 0 Å². The highest BCUT2D eigenvalue weighted by Gasteiger charge is 2.15. The number of ether oxygens (including phenoxy) is 1. The van der Waals surface area contributed by atoms with Crippen LogP contribution in [0.5, 0.6) is 0 Å². The summed E-state index contributed by atoms with van der Waals surface area (Å²) in [6, 6.07) is 7.95. The summed E-state index contributed by atoms with van der Waals surface area (Å²) >= 11 is 0. The van der Waals surface area contributed by atoms with Crippen LogP contribution in [-0.4, -0.2) is 31.7 Å². The quantitative estimate of drug-likeness (QED) is 0.839. The van der Waals surface area contributed by atoms with Gasteiger partial charge in [-0.05, 0) is 30.4 Å². The van der Waals surface area contributed by atoms with Gasteiger partial charge in [0, 0.05) is 18.8 Å². The van der Waals surface area contributed by atoms with Crippen molar-refractivity contribution in [2.75, 3.05) is 25.0 Å². The number of amides is 1. The number of benzene rings is 1. The van der Waals surface area contributed by atoms with Crippen molar-refractivity contribution in [1.29, 1.82) is 0 Å². The first kappa shape index (κ1) is 15.0. The van der Waals surface area contributed by atoms with Crippen LogP contribution >= 0.6 is 0 Å². The van der Waals surface area contributed by atoms with Crippen molar-refractivity contribution in [2.45, 2.75) is 38.7 Å². The van der Waals surface area contributed by atoms with Gasteiger partial charge in [0.1, 0.15) is 0 Å². The number of carbonyl (C=O) groups is 1. The first-order valence-electron chi connectivity index (χ1n) is 7.38. The molecule has 2 rings (SSSR count).